The average molecular weight is 255 g/mol. The molecule has 0 aliphatic rings. The summed E-state index contributed by atoms with van der Waals surface area (Å²) in [5, 5.41) is 0. The molecule has 1 atom stereocenters. The molecular weight excluding hydrogens is 239 g/mol. The summed E-state index contributed by atoms with van der Waals surface area (Å²) in [5.41, 5.74) is 1.25. The van der Waals surface area contributed by atoms with Gasteiger partial charge in [0.05, 0.1) is 0 Å². The van der Waals surface area contributed by atoms with Crippen molar-refractivity contribution in [3.8, 4) is 0 Å². The molecule has 1 aromatic rings. The summed E-state index contributed by atoms with van der Waals surface area (Å²) in [4.78, 5) is 0. The molecule has 0 radical (unpaired) electrons. The van der Waals surface area contributed by atoms with Gasteiger partial charge in [0.15, 0.2) is 0 Å². The maximum atomic E-state index is 5.67. The van der Waals surface area contributed by atoms with E-state index in [4.69, 9.17) is 4.74 Å². The summed E-state index contributed by atoms with van der Waals surface area (Å²) in [6, 6.07) is 10.4. The first kappa shape index (κ1) is 11.5. The van der Waals surface area contributed by atoms with E-state index < -0.39 is 0 Å². The molecule has 1 aromatic carbocycles. The van der Waals surface area contributed by atoms with Crippen LogP contribution in [0.25, 0.3) is 0 Å². The van der Waals surface area contributed by atoms with Crippen LogP contribution in [0.4, 0.5) is 0 Å². The van der Waals surface area contributed by atoms with Crippen molar-refractivity contribution in [1.82, 2.24) is 0 Å². The summed E-state index contributed by atoms with van der Waals surface area (Å²) in [5.74, 6) is 2.20. The van der Waals surface area contributed by atoms with Gasteiger partial charge in [-0.25, -0.2) is 0 Å². The molecular formula is C12H16OSe. The van der Waals surface area contributed by atoms with E-state index in [-0.39, 0.29) is 4.50 Å². The van der Waals surface area contributed by atoms with E-state index in [9.17, 15) is 0 Å². The molecule has 2 heteroatoms. The molecule has 14 heavy (non-hydrogen) atoms. The summed E-state index contributed by atoms with van der Waals surface area (Å²) < 4.78 is 5.54. The van der Waals surface area contributed by atoms with E-state index in [2.05, 4.69) is 36.7 Å². The van der Waals surface area contributed by atoms with Gasteiger partial charge in [-0.3, -0.25) is 0 Å². The van der Waals surface area contributed by atoms with E-state index >= 15 is 0 Å². The van der Waals surface area contributed by atoms with Crippen LogP contribution < -0.4 is 0 Å². The molecule has 0 heterocycles. The van der Waals surface area contributed by atoms with E-state index in [0.29, 0.717) is 15.0 Å². The fraction of sp³-hybridized carbons (Fsp3) is 0.333. The van der Waals surface area contributed by atoms with Gasteiger partial charge in [-0.1, -0.05) is 0 Å². The second-order valence-electron chi connectivity index (χ2n) is 3.02. The predicted molar refractivity (Wildman–Crippen MR) is 61.6 cm³/mol. The first-order valence-electron chi connectivity index (χ1n) is 4.56. The van der Waals surface area contributed by atoms with Gasteiger partial charge in [-0.2, -0.15) is 0 Å². The van der Waals surface area contributed by atoms with Crippen LogP contribution in [0, 0.1) is 0 Å². The Morgan fingerprint density at radius 1 is 1.43 bits per heavy atom. The van der Waals surface area contributed by atoms with Crippen LogP contribution in [-0.4, -0.2) is 22.1 Å². The van der Waals surface area contributed by atoms with Crippen LogP contribution >= 0.6 is 0 Å². The van der Waals surface area contributed by atoms with Crippen molar-refractivity contribution in [3.63, 3.8) is 0 Å². The SMILES string of the molecule is C=CCC(OC)([Se]C)c1ccccc1. The molecule has 1 rings (SSSR count). The third-order valence-corrected chi connectivity index (χ3v) is 4.86. The minimum absolute atomic E-state index is 0.129. The van der Waals surface area contributed by atoms with E-state index in [1.54, 1.807) is 7.11 Å². The number of hydrogen-bond donors (Lipinski definition) is 0. The molecule has 0 aliphatic carbocycles. The second kappa shape index (κ2) is 5.35. The van der Waals surface area contributed by atoms with E-state index in [0.717, 1.165) is 6.42 Å². The standard InChI is InChI=1S/C12H16OSe/c1-4-10-12(13-2,14-3)11-8-6-5-7-9-11/h4-9H,1,10H2,2-3H3. The monoisotopic (exact) mass is 256 g/mol. The molecule has 0 aromatic heterocycles. The molecule has 0 saturated heterocycles. The quantitative estimate of drug-likeness (QED) is 0.580. The van der Waals surface area contributed by atoms with Crippen molar-refractivity contribution in [2.45, 2.75) is 16.7 Å². The summed E-state index contributed by atoms with van der Waals surface area (Å²) in [7, 11) is 1.78. The summed E-state index contributed by atoms with van der Waals surface area (Å²) in [6.07, 6.45) is 2.81. The zero-order chi connectivity index (χ0) is 10.4. The minimum atomic E-state index is -0.129. The number of ether oxygens (including phenoxy) is 1. The van der Waals surface area contributed by atoms with Crippen molar-refractivity contribution in [1.29, 1.82) is 0 Å². The molecule has 0 bridgehead atoms. The Balaban J connectivity index is 3.03. The molecule has 0 amide bonds. The van der Waals surface area contributed by atoms with Crippen molar-refractivity contribution >= 4 is 15.0 Å². The Morgan fingerprint density at radius 3 is 2.50 bits per heavy atom. The van der Waals surface area contributed by atoms with Gasteiger partial charge in [0.25, 0.3) is 0 Å². The third-order valence-electron chi connectivity index (χ3n) is 2.29. The molecule has 1 nitrogen and oxygen atoms in total. The van der Waals surface area contributed by atoms with Crippen LogP contribution in [0.3, 0.4) is 0 Å². The molecule has 76 valence electrons. The van der Waals surface area contributed by atoms with Gasteiger partial charge < -0.3 is 0 Å². The average Bonchev–Trinajstić information content (AvgIpc) is 2.27. The Morgan fingerprint density at radius 2 is 2.07 bits per heavy atom. The Bertz CT molecular complexity index is 278. The summed E-state index contributed by atoms with van der Waals surface area (Å²) in [6.45, 7) is 3.80. The fourth-order valence-corrected chi connectivity index (χ4v) is 3.21. The first-order valence-corrected chi connectivity index (χ1v) is 7.13. The normalized spacial score (nSPS) is 14.7. The molecule has 0 spiro atoms. The Labute approximate surface area is 92.3 Å². The van der Waals surface area contributed by atoms with Gasteiger partial charge in [0.1, 0.15) is 0 Å². The van der Waals surface area contributed by atoms with Crippen molar-refractivity contribution in [2.24, 2.45) is 0 Å². The van der Waals surface area contributed by atoms with Crippen LogP contribution in [0.15, 0.2) is 43.0 Å². The van der Waals surface area contributed by atoms with Crippen molar-refractivity contribution < 1.29 is 4.74 Å². The Kier molecular flexibility index (Phi) is 4.40. The van der Waals surface area contributed by atoms with E-state index in [1.807, 2.05) is 12.1 Å². The van der Waals surface area contributed by atoms with Gasteiger partial charge in [-0.15, -0.1) is 0 Å². The molecule has 0 N–H and O–H groups in total. The molecule has 0 aliphatic heterocycles. The van der Waals surface area contributed by atoms with Gasteiger partial charge in [0.2, 0.25) is 0 Å². The van der Waals surface area contributed by atoms with Gasteiger partial charge in [0, 0.05) is 0 Å². The van der Waals surface area contributed by atoms with Crippen LogP contribution in [0.5, 0.6) is 0 Å². The summed E-state index contributed by atoms with van der Waals surface area (Å²) >= 11 is 0.400. The van der Waals surface area contributed by atoms with Gasteiger partial charge >= 0.3 is 92.1 Å². The zero-order valence-electron chi connectivity index (χ0n) is 8.69. The first-order chi connectivity index (χ1) is 6.79. The molecule has 1 unspecified atom stereocenters. The van der Waals surface area contributed by atoms with Crippen LogP contribution in [-0.2, 0) is 9.24 Å². The Hall–Kier alpha value is -0.561. The second-order valence-corrected chi connectivity index (χ2v) is 5.26. The van der Waals surface area contributed by atoms with Crippen molar-refractivity contribution in [2.75, 3.05) is 7.11 Å². The topological polar surface area (TPSA) is 9.23 Å². The van der Waals surface area contributed by atoms with Crippen LogP contribution in [0.2, 0.25) is 5.82 Å². The number of rotatable bonds is 5. The fourth-order valence-electron chi connectivity index (χ4n) is 1.49. The zero-order valence-corrected chi connectivity index (χ0v) is 10.4. The molecule has 0 fully saturated rings. The predicted octanol–water partition coefficient (Wildman–Crippen LogP) is 2.81. The third kappa shape index (κ3) is 2.27. The van der Waals surface area contributed by atoms with Crippen LogP contribution in [0.1, 0.15) is 12.0 Å². The number of hydrogen-bond acceptors (Lipinski definition) is 1. The van der Waals surface area contributed by atoms with E-state index in [1.165, 1.54) is 5.56 Å². The number of methoxy groups -OCH3 is 1. The van der Waals surface area contributed by atoms with Gasteiger partial charge in [-0.05, 0) is 0 Å². The number of benzene rings is 1. The van der Waals surface area contributed by atoms with Crippen molar-refractivity contribution in [3.05, 3.63) is 48.6 Å². The maximum absolute atomic E-state index is 5.67. The molecule has 0 saturated carbocycles.